The molecule has 0 N–H and O–H groups in total. The van der Waals surface area contributed by atoms with E-state index in [0.717, 1.165) is 48.7 Å². The van der Waals surface area contributed by atoms with Gasteiger partial charge in [-0.05, 0) is 85.3 Å². The highest BCUT2D eigenvalue weighted by Gasteiger charge is 1.97. The lowest BCUT2D eigenvalue weighted by atomic mass is 10.2. The number of nitrogens with zero attached hydrogens (tertiary/aromatic N) is 2. The van der Waals surface area contributed by atoms with Crippen molar-refractivity contribution in [3.05, 3.63) is 83.2 Å². The maximum Gasteiger partial charge on any atom is 0.136 e. The monoisotopic (exact) mass is 452 g/mol. The van der Waals surface area contributed by atoms with Gasteiger partial charge in [0, 0.05) is 11.1 Å². The highest BCUT2D eigenvalue weighted by molar-refractivity contribution is 5.44. The Morgan fingerprint density at radius 2 is 0.941 bits per heavy atom. The maximum absolute atomic E-state index is 5.73. The molecule has 3 aromatic rings. The fourth-order valence-electron chi connectivity index (χ4n) is 3.09. The molecule has 0 radical (unpaired) electrons. The summed E-state index contributed by atoms with van der Waals surface area (Å²) in [4.78, 5) is 0. The second-order valence-corrected chi connectivity index (χ2v) is 7.96. The molecule has 0 fully saturated rings. The Morgan fingerprint density at radius 3 is 1.29 bits per heavy atom. The molecule has 0 aliphatic heterocycles. The molecule has 0 unspecified atom stereocenters. The SMILES string of the molecule is CCCCCOc1ccc(C#Cc2ccc(C#Cc3ccc(OCCCCC)cc3)nn2)cc1. The Morgan fingerprint density at radius 1 is 0.529 bits per heavy atom. The van der Waals surface area contributed by atoms with Crippen LogP contribution in [0.5, 0.6) is 11.5 Å². The van der Waals surface area contributed by atoms with E-state index in [0.29, 0.717) is 11.4 Å². The summed E-state index contributed by atoms with van der Waals surface area (Å²) in [7, 11) is 0. The summed E-state index contributed by atoms with van der Waals surface area (Å²) in [6.45, 7) is 5.88. The molecule has 0 atom stereocenters. The summed E-state index contributed by atoms with van der Waals surface area (Å²) in [5.41, 5.74) is 3.03. The predicted molar refractivity (Wildman–Crippen MR) is 137 cm³/mol. The molecule has 4 heteroatoms. The molecule has 34 heavy (non-hydrogen) atoms. The minimum absolute atomic E-state index is 0.606. The zero-order chi connectivity index (χ0) is 23.8. The molecule has 174 valence electrons. The Bertz CT molecular complexity index is 1020. The van der Waals surface area contributed by atoms with E-state index in [1.165, 1.54) is 25.7 Å². The van der Waals surface area contributed by atoms with Gasteiger partial charge in [0.1, 0.15) is 22.9 Å². The molecular weight excluding hydrogens is 420 g/mol. The standard InChI is InChI=1S/C30H32N2O2/c1-3-5-7-23-33-29-19-11-25(12-20-29)9-15-27-17-18-28(32-31-27)16-10-26-13-21-30(22-14-26)34-24-8-6-4-2/h11-14,17-22H,3-8,23-24H2,1-2H3. The van der Waals surface area contributed by atoms with Crippen LogP contribution in [0.15, 0.2) is 60.7 Å². The third-order valence-corrected chi connectivity index (χ3v) is 5.08. The first-order chi connectivity index (χ1) is 16.8. The van der Waals surface area contributed by atoms with Crippen LogP contribution in [0, 0.1) is 23.7 Å². The van der Waals surface area contributed by atoms with Crippen LogP contribution in [-0.4, -0.2) is 23.4 Å². The van der Waals surface area contributed by atoms with Gasteiger partial charge in [0.2, 0.25) is 0 Å². The molecule has 0 amide bonds. The van der Waals surface area contributed by atoms with Crippen LogP contribution in [0.2, 0.25) is 0 Å². The average Bonchev–Trinajstić information content (AvgIpc) is 2.89. The summed E-state index contributed by atoms with van der Waals surface area (Å²) in [6.07, 6.45) is 6.93. The zero-order valence-corrected chi connectivity index (χ0v) is 20.1. The summed E-state index contributed by atoms with van der Waals surface area (Å²) < 4.78 is 11.5. The number of hydrogen-bond donors (Lipinski definition) is 0. The second kappa shape index (κ2) is 14.4. The quantitative estimate of drug-likeness (QED) is 0.263. The Labute approximate surface area is 203 Å². The van der Waals surface area contributed by atoms with E-state index in [9.17, 15) is 0 Å². The van der Waals surface area contributed by atoms with Crippen LogP contribution in [-0.2, 0) is 0 Å². The Balaban J connectivity index is 1.50. The van der Waals surface area contributed by atoms with Gasteiger partial charge in [0.05, 0.1) is 13.2 Å². The molecule has 0 saturated carbocycles. The minimum atomic E-state index is 0.606. The van der Waals surface area contributed by atoms with E-state index in [2.05, 4.69) is 47.7 Å². The van der Waals surface area contributed by atoms with Crippen molar-refractivity contribution in [2.75, 3.05) is 13.2 Å². The van der Waals surface area contributed by atoms with Crippen molar-refractivity contribution in [2.24, 2.45) is 0 Å². The molecule has 2 aromatic carbocycles. The smallest absolute Gasteiger partial charge is 0.136 e. The molecule has 0 spiro atoms. The molecule has 0 aliphatic rings. The van der Waals surface area contributed by atoms with Crippen LogP contribution in [0.1, 0.15) is 74.9 Å². The van der Waals surface area contributed by atoms with Crippen LogP contribution < -0.4 is 9.47 Å². The number of benzene rings is 2. The van der Waals surface area contributed by atoms with E-state index < -0.39 is 0 Å². The van der Waals surface area contributed by atoms with Gasteiger partial charge >= 0.3 is 0 Å². The average molecular weight is 453 g/mol. The fourth-order valence-corrected chi connectivity index (χ4v) is 3.09. The highest BCUT2D eigenvalue weighted by Crippen LogP contribution is 2.13. The van der Waals surface area contributed by atoms with E-state index in [4.69, 9.17) is 9.47 Å². The van der Waals surface area contributed by atoms with Gasteiger partial charge < -0.3 is 9.47 Å². The zero-order valence-electron chi connectivity index (χ0n) is 20.1. The van der Waals surface area contributed by atoms with E-state index in [-0.39, 0.29) is 0 Å². The molecule has 0 bridgehead atoms. The van der Waals surface area contributed by atoms with E-state index >= 15 is 0 Å². The van der Waals surface area contributed by atoms with Crippen molar-refractivity contribution >= 4 is 0 Å². The number of rotatable bonds is 10. The van der Waals surface area contributed by atoms with Crippen LogP contribution in [0.3, 0.4) is 0 Å². The molecule has 3 rings (SSSR count). The second-order valence-electron chi connectivity index (χ2n) is 7.96. The highest BCUT2D eigenvalue weighted by atomic mass is 16.5. The van der Waals surface area contributed by atoms with Gasteiger partial charge in [-0.15, -0.1) is 10.2 Å². The lowest BCUT2D eigenvalue weighted by Gasteiger charge is -2.05. The first-order valence-electron chi connectivity index (χ1n) is 12.1. The lowest BCUT2D eigenvalue weighted by Crippen LogP contribution is -1.96. The van der Waals surface area contributed by atoms with Crippen molar-refractivity contribution in [1.29, 1.82) is 0 Å². The first-order valence-corrected chi connectivity index (χ1v) is 12.1. The minimum Gasteiger partial charge on any atom is -0.494 e. The van der Waals surface area contributed by atoms with Gasteiger partial charge in [-0.2, -0.15) is 0 Å². The molecular formula is C30H32N2O2. The maximum atomic E-state index is 5.73. The summed E-state index contributed by atoms with van der Waals surface area (Å²) in [6, 6.07) is 19.3. The van der Waals surface area contributed by atoms with Crippen molar-refractivity contribution < 1.29 is 9.47 Å². The van der Waals surface area contributed by atoms with Gasteiger partial charge in [-0.25, -0.2) is 0 Å². The van der Waals surface area contributed by atoms with Crippen molar-refractivity contribution in [3.8, 4) is 35.2 Å². The van der Waals surface area contributed by atoms with E-state index in [1.54, 1.807) is 0 Å². The normalized spacial score (nSPS) is 9.94. The number of hydrogen-bond acceptors (Lipinski definition) is 4. The summed E-state index contributed by atoms with van der Waals surface area (Å²) in [5.74, 6) is 14.1. The topological polar surface area (TPSA) is 44.2 Å². The van der Waals surface area contributed by atoms with Crippen LogP contribution >= 0.6 is 0 Å². The molecule has 4 nitrogen and oxygen atoms in total. The van der Waals surface area contributed by atoms with Crippen molar-refractivity contribution in [3.63, 3.8) is 0 Å². The molecule has 0 saturated heterocycles. The largest absolute Gasteiger partial charge is 0.494 e. The fraction of sp³-hybridized carbons (Fsp3) is 0.333. The summed E-state index contributed by atoms with van der Waals surface area (Å²) in [5, 5.41) is 8.35. The van der Waals surface area contributed by atoms with Crippen LogP contribution in [0.4, 0.5) is 0 Å². The number of aromatic nitrogens is 2. The van der Waals surface area contributed by atoms with E-state index in [1.807, 2.05) is 60.7 Å². The van der Waals surface area contributed by atoms with Crippen LogP contribution in [0.25, 0.3) is 0 Å². The van der Waals surface area contributed by atoms with Crippen molar-refractivity contribution in [2.45, 2.75) is 52.4 Å². The third kappa shape index (κ3) is 9.00. The van der Waals surface area contributed by atoms with Gasteiger partial charge in [0.15, 0.2) is 0 Å². The number of unbranched alkanes of at least 4 members (excludes halogenated alkanes) is 4. The van der Waals surface area contributed by atoms with Gasteiger partial charge in [-0.3, -0.25) is 0 Å². The molecule has 1 heterocycles. The Kier molecular flexibility index (Phi) is 10.5. The summed E-state index contributed by atoms with van der Waals surface area (Å²) >= 11 is 0. The van der Waals surface area contributed by atoms with Gasteiger partial charge in [0.25, 0.3) is 0 Å². The first kappa shape index (κ1) is 24.9. The van der Waals surface area contributed by atoms with Gasteiger partial charge in [-0.1, -0.05) is 51.4 Å². The number of ether oxygens (including phenoxy) is 2. The molecule has 0 aliphatic carbocycles. The Hall–Kier alpha value is -3.76. The van der Waals surface area contributed by atoms with Crippen molar-refractivity contribution in [1.82, 2.24) is 10.2 Å². The molecule has 1 aromatic heterocycles. The predicted octanol–water partition coefficient (Wildman–Crippen LogP) is 6.41. The lowest BCUT2D eigenvalue weighted by molar-refractivity contribution is 0.306. The third-order valence-electron chi connectivity index (χ3n) is 5.08.